The van der Waals surface area contributed by atoms with E-state index in [2.05, 4.69) is 5.32 Å². The predicted octanol–water partition coefficient (Wildman–Crippen LogP) is 4.18. The molecule has 1 aliphatic rings. The molecule has 1 N–H and O–H groups in total. The van der Waals surface area contributed by atoms with E-state index < -0.39 is 17.5 Å². The van der Waals surface area contributed by atoms with Gasteiger partial charge in [0.15, 0.2) is 6.29 Å². The van der Waals surface area contributed by atoms with Gasteiger partial charge in [-0.1, -0.05) is 29.8 Å². The van der Waals surface area contributed by atoms with Crippen molar-refractivity contribution in [2.45, 2.75) is 13.2 Å². The molecule has 1 saturated heterocycles. The maximum Gasteiger partial charge on any atom is 0.234 e. The second-order valence-corrected chi connectivity index (χ2v) is 6.75. The summed E-state index contributed by atoms with van der Waals surface area (Å²) in [6.45, 7) is 1.93. The minimum Gasteiger partial charge on any atom is -0.495 e. The van der Waals surface area contributed by atoms with Crippen LogP contribution < -0.4 is 10.1 Å². The molecule has 1 aliphatic heterocycles. The first-order chi connectivity index (χ1) is 12.4. The van der Waals surface area contributed by atoms with Crippen LogP contribution in [-0.4, -0.2) is 26.2 Å². The summed E-state index contributed by atoms with van der Waals surface area (Å²) in [6, 6.07) is 11.2. The smallest absolute Gasteiger partial charge is 0.234 e. The van der Waals surface area contributed by atoms with E-state index in [0.29, 0.717) is 22.0 Å². The SMILES string of the molecule is COc1ccc(NC(=O)C2(C)COC(c3ccccc3F)OC2)cc1Cl. The number of anilines is 1. The third-order valence-corrected chi connectivity index (χ3v) is 4.52. The lowest BCUT2D eigenvalue weighted by atomic mass is 9.90. The van der Waals surface area contributed by atoms with Crippen LogP contribution in [0, 0.1) is 11.2 Å². The van der Waals surface area contributed by atoms with Gasteiger partial charge in [-0.3, -0.25) is 4.79 Å². The Kier molecular flexibility index (Phi) is 5.46. The lowest BCUT2D eigenvalue weighted by Gasteiger charge is -2.36. The zero-order valence-electron chi connectivity index (χ0n) is 14.4. The van der Waals surface area contributed by atoms with Crippen molar-refractivity contribution in [2.75, 3.05) is 25.6 Å². The van der Waals surface area contributed by atoms with Crippen LogP contribution in [0.15, 0.2) is 42.5 Å². The number of benzene rings is 2. The van der Waals surface area contributed by atoms with Crippen LogP contribution in [0.5, 0.6) is 5.75 Å². The van der Waals surface area contributed by atoms with Crippen LogP contribution in [0.2, 0.25) is 5.02 Å². The molecule has 0 atom stereocenters. The van der Waals surface area contributed by atoms with Crippen LogP contribution in [0.3, 0.4) is 0 Å². The fourth-order valence-corrected chi connectivity index (χ4v) is 2.87. The van der Waals surface area contributed by atoms with Crippen LogP contribution in [0.1, 0.15) is 18.8 Å². The number of carbonyl (C=O) groups is 1. The number of nitrogens with one attached hydrogen (secondary N) is 1. The number of amides is 1. The van der Waals surface area contributed by atoms with E-state index in [1.807, 2.05) is 0 Å². The average molecular weight is 380 g/mol. The summed E-state index contributed by atoms with van der Waals surface area (Å²) < 4.78 is 30.2. The molecule has 26 heavy (non-hydrogen) atoms. The zero-order chi connectivity index (χ0) is 18.7. The van der Waals surface area contributed by atoms with Crippen LogP contribution in [0.4, 0.5) is 10.1 Å². The molecular formula is C19H19ClFNO4. The summed E-state index contributed by atoms with van der Waals surface area (Å²) >= 11 is 6.07. The molecule has 0 aromatic heterocycles. The molecule has 138 valence electrons. The van der Waals surface area contributed by atoms with Crippen molar-refractivity contribution in [1.82, 2.24) is 0 Å². The van der Waals surface area contributed by atoms with Gasteiger partial charge < -0.3 is 19.5 Å². The van der Waals surface area contributed by atoms with Crippen molar-refractivity contribution in [3.05, 3.63) is 58.9 Å². The summed E-state index contributed by atoms with van der Waals surface area (Å²) in [4.78, 5) is 12.6. The van der Waals surface area contributed by atoms with Crippen LogP contribution >= 0.6 is 11.6 Å². The van der Waals surface area contributed by atoms with Crippen LogP contribution in [-0.2, 0) is 14.3 Å². The molecule has 0 unspecified atom stereocenters. The van der Waals surface area contributed by atoms with E-state index in [1.165, 1.54) is 13.2 Å². The maximum atomic E-state index is 13.9. The quantitative estimate of drug-likeness (QED) is 0.865. The highest BCUT2D eigenvalue weighted by Gasteiger charge is 2.40. The maximum absolute atomic E-state index is 13.9. The molecule has 5 nitrogen and oxygen atoms in total. The van der Waals surface area contributed by atoms with Gasteiger partial charge in [-0.05, 0) is 31.2 Å². The van der Waals surface area contributed by atoms with E-state index in [0.717, 1.165) is 0 Å². The van der Waals surface area contributed by atoms with Gasteiger partial charge in [0.1, 0.15) is 11.6 Å². The van der Waals surface area contributed by atoms with E-state index in [-0.39, 0.29) is 19.1 Å². The van der Waals surface area contributed by atoms with Gasteiger partial charge in [-0.25, -0.2) is 4.39 Å². The molecule has 0 radical (unpaired) electrons. The summed E-state index contributed by atoms with van der Waals surface area (Å²) in [7, 11) is 1.52. The van der Waals surface area contributed by atoms with E-state index >= 15 is 0 Å². The Hall–Kier alpha value is -2.15. The Balaban J connectivity index is 1.65. The highest BCUT2D eigenvalue weighted by molar-refractivity contribution is 6.32. The number of hydrogen-bond donors (Lipinski definition) is 1. The molecule has 0 saturated carbocycles. The Labute approximate surface area is 156 Å². The molecule has 0 bridgehead atoms. The molecule has 3 rings (SSSR count). The fourth-order valence-electron chi connectivity index (χ4n) is 2.61. The number of carbonyl (C=O) groups excluding carboxylic acids is 1. The normalized spacial score (nSPS) is 22.7. The van der Waals surface area contributed by atoms with Gasteiger partial charge in [0.2, 0.25) is 5.91 Å². The molecule has 2 aromatic rings. The molecule has 1 fully saturated rings. The zero-order valence-corrected chi connectivity index (χ0v) is 15.2. The van der Waals surface area contributed by atoms with Gasteiger partial charge >= 0.3 is 0 Å². The molecule has 0 spiro atoms. The number of halogens is 2. The van der Waals surface area contributed by atoms with Gasteiger partial charge in [-0.15, -0.1) is 0 Å². The first-order valence-corrected chi connectivity index (χ1v) is 8.43. The molecule has 7 heteroatoms. The first kappa shape index (κ1) is 18.6. The lowest BCUT2D eigenvalue weighted by Crippen LogP contribution is -2.45. The van der Waals surface area contributed by atoms with Gasteiger partial charge in [0, 0.05) is 11.3 Å². The largest absolute Gasteiger partial charge is 0.495 e. The monoisotopic (exact) mass is 379 g/mol. The standard InChI is InChI=1S/C19H19ClFNO4/c1-19(18(23)22-12-7-8-16(24-2)14(20)9-12)10-25-17(26-11-19)13-5-3-4-6-15(13)21/h3-9,17H,10-11H2,1-2H3,(H,22,23). The number of rotatable bonds is 4. The molecule has 2 aromatic carbocycles. The minimum atomic E-state index is -0.909. The highest BCUT2D eigenvalue weighted by Crippen LogP contribution is 2.34. The van der Waals surface area contributed by atoms with E-state index in [4.69, 9.17) is 25.8 Å². The van der Waals surface area contributed by atoms with Gasteiger partial charge in [-0.2, -0.15) is 0 Å². The topological polar surface area (TPSA) is 56.8 Å². The van der Waals surface area contributed by atoms with Crippen molar-refractivity contribution < 1.29 is 23.4 Å². The van der Waals surface area contributed by atoms with Crippen molar-refractivity contribution in [1.29, 1.82) is 0 Å². The Morgan fingerprint density at radius 3 is 2.58 bits per heavy atom. The van der Waals surface area contributed by atoms with E-state index in [1.54, 1.807) is 43.3 Å². The second-order valence-electron chi connectivity index (χ2n) is 6.34. The minimum absolute atomic E-state index is 0.0989. The Morgan fingerprint density at radius 2 is 1.96 bits per heavy atom. The Bertz CT molecular complexity index is 806. The van der Waals surface area contributed by atoms with Crippen molar-refractivity contribution in [3.8, 4) is 5.75 Å². The average Bonchev–Trinajstić information content (AvgIpc) is 2.63. The molecular weight excluding hydrogens is 361 g/mol. The van der Waals surface area contributed by atoms with Crippen LogP contribution in [0.25, 0.3) is 0 Å². The van der Waals surface area contributed by atoms with Crippen molar-refractivity contribution in [3.63, 3.8) is 0 Å². The summed E-state index contributed by atoms with van der Waals surface area (Å²) in [5, 5.41) is 3.19. The third-order valence-electron chi connectivity index (χ3n) is 4.22. The molecule has 0 aliphatic carbocycles. The van der Waals surface area contributed by atoms with E-state index in [9.17, 15) is 9.18 Å². The summed E-state index contributed by atoms with van der Waals surface area (Å²) in [5.41, 5.74) is -0.0520. The fraction of sp³-hybridized carbons (Fsp3) is 0.316. The number of methoxy groups -OCH3 is 1. The molecule has 1 amide bonds. The summed E-state index contributed by atoms with van der Waals surface area (Å²) in [6.07, 6.45) is -0.826. The van der Waals surface area contributed by atoms with Crippen molar-refractivity contribution >= 4 is 23.2 Å². The highest BCUT2D eigenvalue weighted by atomic mass is 35.5. The second kappa shape index (κ2) is 7.61. The first-order valence-electron chi connectivity index (χ1n) is 8.05. The molecule has 1 heterocycles. The Morgan fingerprint density at radius 1 is 1.27 bits per heavy atom. The third kappa shape index (κ3) is 3.82. The van der Waals surface area contributed by atoms with Gasteiger partial charge in [0.25, 0.3) is 0 Å². The summed E-state index contributed by atoms with van der Waals surface area (Å²) in [5.74, 6) is -0.155. The van der Waals surface area contributed by atoms with Gasteiger partial charge in [0.05, 0.1) is 30.8 Å². The number of hydrogen-bond acceptors (Lipinski definition) is 4. The number of ether oxygens (including phenoxy) is 3. The van der Waals surface area contributed by atoms with Crippen molar-refractivity contribution in [2.24, 2.45) is 5.41 Å². The lowest BCUT2D eigenvalue weighted by molar-refractivity contribution is -0.227. The predicted molar refractivity (Wildman–Crippen MR) is 95.8 cm³/mol.